The van der Waals surface area contributed by atoms with E-state index in [2.05, 4.69) is 9.98 Å². The van der Waals surface area contributed by atoms with Crippen molar-refractivity contribution in [3.05, 3.63) is 30.5 Å². The number of allylic oxidation sites excluding steroid dienone is 1. The Morgan fingerprint density at radius 3 is 2.48 bits per heavy atom. The summed E-state index contributed by atoms with van der Waals surface area (Å²) in [5.74, 6) is 0.426. The van der Waals surface area contributed by atoms with Crippen LogP contribution < -0.4 is 9.47 Å². The summed E-state index contributed by atoms with van der Waals surface area (Å²) in [6.45, 7) is 0. The van der Waals surface area contributed by atoms with E-state index in [9.17, 15) is 9.59 Å². The molecule has 0 aromatic heterocycles. The fraction of sp³-hybridized carbons (Fsp3) is 0.294. The average molecular weight is 342 g/mol. The normalized spacial score (nSPS) is 21.4. The molecule has 0 aliphatic carbocycles. The van der Waals surface area contributed by atoms with Gasteiger partial charge in [-0.3, -0.25) is 19.6 Å². The summed E-state index contributed by atoms with van der Waals surface area (Å²) >= 11 is 0. The van der Waals surface area contributed by atoms with E-state index in [1.165, 1.54) is 18.1 Å². The smallest absolute Gasteiger partial charge is 0.331 e. The number of carbonyl (C=O) groups excluding carboxylic acids is 2. The van der Waals surface area contributed by atoms with Crippen molar-refractivity contribution in [2.24, 2.45) is 15.9 Å². The van der Waals surface area contributed by atoms with Gasteiger partial charge in [0.15, 0.2) is 11.5 Å². The number of carbonyl (C=O) groups is 2. The van der Waals surface area contributed by atoms with E-state index in [0.717, 1.165) is 4.90 Å². The van der Waals surface area contributed by atoms with Crippen LogP contribution in [0.4, 0.5) is 10.5 Å². The number of fused-ring (bicyclic) bond motifs is 1. The second-order valence-electron chi connectivity index (χ2n) is 5.55. The number of nitrogens with zero attached hydrogens (tertiary/aromatic N) is 4. The van der Waals surface area contributed by atoms with E-state index < -0.39 is 11.9 Å². The minimum absolute atomic E-state index is 0.356. The number of methoxy groups -OCH3 is 2. The fourth-order valence-corrected chi connectivity index (χ4v) is 2.77. The summed E-state index contributed by atoms with van der Waals surface area (Å²) < 4.78 is 10.5. The summed E-state index contributed by atoms with van der Waals surface area (Å²) in [7, 11) is 6.13. The molecule has 0 spiro atoms. The number of aliphatic imine (C=N–C) groups is 2. The highest BCUT2D eigenvalue weighted by Gasteiger charge is 2.43. The number of amidine groups is 1. The summed E-state index contributed by atoms with van der Waals surface area (Å²) in [6, 6.07) is 4.81. The van der Waals surface area contributed by atoms with Gasteiger partial charge in [-0.1, -0.05) is 0 Å². The van der Waals surface area contributed by atoms with Gasteiger partial charge < -0.3 is 9.47 Å². The molecule has 1 saturated heterocycles. The van der Waals surface area contributed by atoms with Gasteiger partial charge in [-0.2, -0.15) is 0 Å². The molecular weight excluding hydrogens is 324 g/mol. The molecule has 2 aliphatic heterocycles. The zero-order valence-corrected chi connectivity index (χ0v) is 14.4. The number of hydrogen-bond donors (Lipinski definition) is 0. The first-order valence-electron chi connectivity index (χ1n) is 7.58. The van der Waals surface area contributed by atoms with Crippen molar-refractivity contribution < 1.29 is 19.1 Å². The predicted molar refractivity (Wildman–Crippen MR) is 92.6 cm³/mol. The molecule has 1 unspecified atom stereocenters. The second kappa shape index (κ2) is 6.39. The summed E-state index contributed by atoms with van der Waals surface area (Å²) in [5, 5.41) is 0. The molecule has 130 valence electrons. The second-order valence-corrected chi connectivity index (χ2v) is 5.55. The van der Waals surface area contributed by atoms with Crippen LogP contribution in [0.1, 0.15) is 0 Å². The van der Waals surface area contributed by atoms with Crippen LogP contribution in [0, 0.1) is 5.92 Å². The lowest BCUT2D eigenvalue weighted by Gasteiger charge is -2.36. The highest BCUT2D eigenvalue weighted by molar-refractivity contribution is 6.32. The monoisotopic (exact) mass is 342 g/mol. The number of amides is 3. The maximum absolute atomic E-state index is 12.6. The maximum Gasteiger partial charge on any atom is 0.331 e. The van der Waals surface area contributed by atoms with Crippen molar-refractivity contribution in [3.8, 4) is 11.5 Å². The molecule has 0 radical (unpaired) electrons. The number of rotatable bonds is 3. The Kier molecular flexibility index (Phi) is 4.26. The van der Waals surface area contributed by atoms with Crippen molar-refractivity contribution in [2.45, 2.75) is 0 Å². The number of ether oxygens (including phenoxy) is 2. The van der Waals surface area contributed by atoms with E-state index in [-0.39, 0.29) is 5.91 Å². The van der Waals surface area contributed by atoms with Gasteiger partial charge in [0, 0.05) is 26.4 Å². The van der Waals surface area contributed by atoms with Gasteiger partial charge in [0.2, 0.25) is 5.91 Å². The summed E-state index contributed by atoms with van der Waals surface area (Å²) in [6.07, 6.45) is 3.20. The molecule has 0 saturated carbocycles. The molecule has 1 atom stereocenters. The molecule has 8 nitrogen and oxygen atoms in total. The molecule has 0 bridgehead atoms. The van der Waals surface area contributed by atoms with E-state index in [4.69, 9.17) is 9.47 Å². The quantitative estimate of drug-likeness (QED) is 0.839. The van der Waals surface area contributed by atoms with Gasteiger partial charge >= 0.3 is 6.03 Å². The first kappa shape index (κ1) is 16.7. The molecule has 3 rings (SSSR count). The predicted octanol–water partition coefficient (Wildman–Crippen LogP) is 1.84. The Bertz CT molecular complexity index is 828. The van der Waals surface area contributed by atoms with Crippen LogP contribution in [0.3, 0.4) is 0 Å². The largest absolute Gasteiger partial charge is 0.493 e. The number of benzene rings is 1. The van der Waals surface area contributed by atoms with Crippen molar-refractivity contribution in [3.63, 3.8) is 0 Å². The van der Waals surface area contributed by atoms with E-state index in [1.807, 2.05) is 0 Å². The fourth-order valence-electron chi connectivity index (χ4n) is 2.77. The Morgan fingerprint density at radius 2 is 1.80 bits per heavy atom. The third-order valence-electron chi connectivity index (χ3n) is 4.13. The molecule has 2 aliphatic rings. The summed E-state index contributed by atoms with van der Waals surface area (Å²) in [4.78, 5) is 35.8. The van der Waals surface area contributed by atoms with Crippen LogP contribution in [0.15, 0.2) is 40.5 Å². The number of imide groups is 1. The molecule has 8 heteroatoms. The topological polar surface area (TPSA) is 83.8 Å². The SMILES string of the molecule is COc1ccc(N=C2C=CN=C3C2C(=O)N(C)C(=O)N3C)cc1OC. The van der Waals surface area contributed by atoms with Gasteiger partial charge in [0.25, 0.3) is 0 Å². The lowest BCUT2D eigenvalue weighted by molar-refractivity contribution is -0.128. The highest BCUT2D eigenvalue weighted by Crippen LogP contribution is 2.32. The van der Waals surface area contributed by atoms with Crippen LogP contribution in [0.2, 0.25) is 0 Å². The Labute approximate surface area is 145 Å². The Balaban J connectivity index is 2.02. The Morgan fingerprint density at radius 1 is 1.08 bits per heavy atom. The van der Waals surface area contributed by atoms with Crippen LogP contribution in [-0.2, 0) is 4.79 Å². The number of hydrogen-bond acceptors (Lipinski definition) is 6. The van der Waals surface area contributed by atoms with Gasteiger partial charge in [-0.05, 0) is 18.2 Å². The van der Waals surface area contributed by atoms with Crippen molar-refractivity contribution in [1.82, 2.24) is 9.80 Å². The van der Waals surface area contributed by atoms with Gasteiger partial charge in [-0.15, -0.1) is 0 Å². The van der Waals surface area contributed by atoms with Crippen LogP contribution in [0.25, 0.3) is 0 Å². The van der Waals surface area contributed by atoms with Gasteiger partial charge in [0.05, 0.1) is 25.6 Å². The van der Waals surface area contributed by atoms with Crippen LogP contribution in [0.5, 0.6) is 11.5 Å². The van der Waals surface area contributed by atoms with Crippen molar-refractivity contribution in [1.29, 1.82) is 0 Å². The first-order valence-corrected chi connectivity index (χ1v) is 7.58. The molecular formula is C17H18N4O4. The van der Waals surface area contributed by atoms with E-state index >= 15 is 0 Å². The highest BCUT2D eigenvalue weighted by atomic mass is 16.5. The Hall–Kier alpha value is -3.16. The molecule has 1 fully saturated rings. The molecule has 0 N–H and O–H groups in total. The standard InChI is InChI=1S/C17H18N4O4/c1-20-15-14(16(22)21(2)17(20)23)11(7-8-18-15)19-10-5-6-12(24-3)13(9-10)25-4/h5-9,14H,1-4H3. The molecule has 3 amide bonds. The zero-order valence-electron chi connectivity index (χ0n) is 14.4. The average Bonchev–Trinajstić information content (AvgIpc) is 2.64. The minimum atomic E-state index is -0.717. The third kappa shape index (κ3) is 2.75. The summed E-state index contributed by atoms with van der Waals surface area (Å²) in [5.41, 5.74) is 1.11. The zero-order chi connectivity index (χ0) is 18.1. The van der Waals surface area contributed by atoms with Gasteiger partial charge in [-0.25, -0.2) is 9.79 Å². The molecule has 1 aromatic rings. The maximum atomic E-state index is 12.6. The third-order valence-corrected chi connectivity index (χ3v) is 4.13. The van der Waals surface area contributed by atoms with Crippen LogP contribution >= 0.6 is 0 Å². The molecule has 2 heterocycles. The van der Waals surface area contributed by atoms with Crippen molar-refractivity contribution >= 4 is 29.2 Å². The van der Waals surface area contributed by atoms with Crippen LogP contribution in [-0.4, -0.2) is 61.6 Å². The van der Waals surface area contributed by atoms with E-state index in [0.29, 0.717) is 28.7 Å². The lowest BCUT2D eigenvalue weighted by Crippen LogP contribution is -2.59. The van der Waals surface area contributed by atoms with Crippen molar-refractivity contribution in [2.75, 3.05) is 28.3 Å². The van der Waals surface area contributed by atoms with Gasteiger partial charge in [0.1, 0.15) is 11.8 Å². The first-order chi connectivity index (χ1) is 12.0. The van der Waals surface area contributed by atoms with E-state index in [1.54, 1.807) is 45.5 Å². The molecule has 1 aromatic carbocycles. The molecule has 25 heavy (non-hydrogen) atoms. The number of urea groups is 1. The minimum Gasteiger partial charge on any atom is -0.493 e. The lowest BCUT2D eigenvalue weighted by atomic mass is 9.95.